The first-order valence-corrected chi connectivity index (χ1v) is 20.1. The normalized spacial score (nSPS) is 23.0. The van der Waals surface area contributed by atoms with Crippen LogP contribution in [0.3, 0.4) is 0 Å². The predicted octanol–water partition coefficient (Wildman–Crippen LogP) is 4.44. The second-order valence-corrected chi connectivity index (χ2v) is 19.8. The highest BCUT2D eigenvalue weighted by molar-refractivity contribution is 7.89. The molecular weight excluding hydrogens is 677 g/mol. The number of sulfonamides is 2. The summed E-state index contributed by atoms with van der Waals surface area (Å²) in [6.45, 7) is 12.5. The zero-order valence-corrected chi connectivity index (χ0v) is 31.5. The maximum atomic E-state index is 14.0. The van der Waals surface area contributed by atoms with Gasteiger partial charge in [-0.25, -0.2) is 16.8 Å². The molecule has 0 aliphatic carbocycles. The Morgan fingerprint density at radius 3 is 1.24 bits per heavy atom. The van der Waals surface area contributed by atoms with Gasteiger partial charge in [0.25, 0.3) is 0 Å². The van der Waals surface area contributed by atoms with Gasteiger partial charge in [-0.15, -0.1) is 0 Å². The molecule has 3 aromatic rings. The van der Waals surface area contributed by atoms with Crippen LogP contribution in [0.25, 0.3) is 0 Å². The second-order valence-electron chi connectivity index (χ2n) is 16.0. The molecule has 0 spiro atoms. The fraction of sp³-hybridized carbons (Fsp3) is 0.526. The van der Waals surface area contributed by atoms with Gasteiger partial charge >= 0.3 is 0 Å². The summed E-state index contributed by atoms with van der Waals surface area (Å²) in [5.74, 6) is 0. The van der Waals surface area contributed by atoms with E-state index in [9.17, 15) is 37.3 Å². The largest absolute Gasteiger partial charge is 0.366 e. The molecule has 2 heterocycles. The minimum absolute atomic E-state index is 0.0192. The highest BCUT2D eigenvalue weighted by atomic mass is 32.2. The summed E-state index contributed by atoms with van der Waals surface area (Å²) in [6, 6.07) is 20.4. The molecule has 0 aromatic heterocycles. The van der Waals surface area contributed by atoms with Crippen molar-refractivity contribution in [2.24, 2.45) is 0 Å². The van der Waals surface area contributed by atoms with Gasteiger partial charge in [0.05, 0.1) is 20.9 Å². The van der Waals surface area contributed by atoms with Gasteiger partial charge in [0.2, 0.25) is 20.0 Å². The highest BCUT2D eigenvalue weighted by Crippen LogP contribution is 2.42. The Morgan fingerprint density at radius 2 is 0.940 bits per heavy atom. The molecule has 274 valence electrons. The minimum atomic E-state index is -4.11. The first-order chi connectivity index (χ1) is 23.1. The average molecular weight is 729 g/mol. The number of nitrogens with zero attached hydrogens (tertiary/aromatic N) is 2. The van der Waals surface area contributed by atoms with E-state index in [4.69, 9.17) is 0 Å². The molecule has 2 fully saturated rings. The Bertz CT molecular complexity index is 1750. The third kappa shape index (κ3) is 7.18. The van der Waals surface area contributed by atoms with Crippen LogP contribution in [-0.2, 0) is 43.7 Å². The molecule has 4 N–H and O–H groups in total. The summed E-state index contributed by atoms with van der Waals surface area (Å²) in [7, 11) is -8.22. The van der Waals surface area contributed by atoms with Crippen LogP contribution in [0, 0.1) is 0 Å². The third-order valence-corrected chi connectivity index (χ3v) is 14.5. The number of aliphatic hydroxyl groups is 4. The summed E-state index contributed by atoms with van der Waals surface area (Å²) in [5.41, 5.74) is -0.279. The van der Waals surface area contributed by atoms with E-state index in [-0.39, 0.29) is 59.4 Å². The van der Waals surface area contributed by atoms with Crippen molar-refractivity contribution in [3.05, 3.63) is 95.1 Å². The van der Waals surface area contributed by atoms with E-state index in [0.29, 0.717) is 24.0 Å². The van der Waals surface area contributed by atoms with Gasteiger partial charge in [-0.3, -0.25) is 0 Å². The first-order valence-electron chi connectivity index (χ1n) is 17.2. The van der Waals surface area contributed by atoms with Crippen LogP contribution < -0.4 is 0 Å². The Hall–Kier alpha value is -2.68. The van der Waals surface area contributed by atoms with Crippen LogP contribution in [0.5, 0.6) is 0 Å². The number of benzene rings is 3. The van der Waals surface area contributed by atoms with Crippen molar-refractivity contribution < 1.29 is 37.3 Å². The van der Waals surface area contributed by atoms with Gasteiger partial charge in [0.15, 0.2) is 12.6 Å². The van der Waals surface area contributed by atoms with E-state index in [2.05, 4.69) is 0 Å². The van der Waals surface area contributed by atoms with E-state index in [1.807, 2.05) is 41.5 Å². The Labute approximate surface area is 297 Å². The zero-order valence-electron chi connectivity index (χ0n) is 29.9. The molecule has 2 aliphatic rings. The maximum Gasteiger partial charge on any atom is 0.243 e. The Morgan fingerprint density at radius 1 is 0.600 bits per heavy atom. The van der Waals surface area contributed by atoms with Crippen LogP contribution in [0.1, 0.15) is 89.5 Å². The quantitative estimate of drug-likeness (QED) is 0.224. The van der Waals surface area contributed by atoms with E-state index >= 15 is 0 Å². The van der Waals surface area contributed by atoms with Crippen molar-refractivity contribution in [3.8, 4) is 0 Å². The van der Waals surface area contributed by atoms with Gasteiger partial charge < -0.3 is 20.4 Å². The van der Waals surface area contributed by atoms with Gasteiger partial charge in [-0.05, 0) is 95.9 Å². The van der Waals surface area contributed by atoms with E-state index in [1.165, 1.54) is 8.61 Å². The summed E-state index contributed by atoms with van der Waals surface area (Å²) in [6.07, 6.45) is -2.71. The second kappa shape index (κ2) is 13.7. The SMILES string of the molecule is CC(C)(C)c1ccc(S(=O)(=O)N2CCC[C@]2(Cc2cccc(C[C@]3(C(O)O)CCCN3S(=O)(=O)c3ccc(C(C)(C)C)cc3)c2)C(O)O)cc1. The molecule has 3 aromatic carbocycles. The van der Waals surface area contributed by atoms with Crippen molar-refractivity contribution in [1.82, 2.24) is 8.61 Å². The van der Waals surface area contributed by atoms with Crippen LogP contribution in [-0.4, -0.2) is 82.6 Å². The molecule has 0 saturated carbocycles. The van der Waals surface area contributed by atoms with Crippen molar-refractivity contribution in [3.63, 3.8) is 0 Å². The fourth-order valence-electron chi connectivity index (χ4n) is 7.59. The van der Waals surface area contributed by atoms with Crippen LogP contribution in [0.15, 0.2) is 82.6 Å². The average Bonchev–Trinajstić information content (AvgIpc) is 3.67. The van der Waals surface area contributed by atoms with Crippen molar-refractivity contribution in [2.75, 3.05) is 13.1 Å². The molecule has 5 rings (SSSR count). The molecule has 2 atom stereocenters. The minimum Gasteiger partial charge on any atom is -0.366 e. The third-order valence-electron chi connectivity index (χ3n) is 10.5. The van der Waals surface area contributed by atoms with Crippen molar-refractivity contribution >= 4 is 20.0 Å². The molecule has 50 heavy (non-hydrogen) atoms. The molecule has 2 aliphatic heterocycles. The lowest BCUT2D eigenvalue weighted by Gasteiger charge is -2.40. The standard InChI is InChI=1S/C38H52N2O8S2/c1-35(2,3)29-12-16-31(17-13-29)49(45,46)39-22-8-20-37(39,33(41)42)25-27-10-7-11-28(24-27)26-38(34(43)44)21-9-23-40(38)50(47,48)32-18-14-30(15-19-32)36(4,5)6/h7,10-19,24,33-34,41-44H,8-9,20-23,25-26H2,1-6H3/t37-,38-/m0/s1. The van der Waals surface area contributed by atoms with Gasteiger partial charge in [0, 0.05) is 13.1 Å². The van der Waals surface area contributed by atoms with Crippen molar-refractivity contribution in [2.45, 2.75) is 124 Å². The number of rotatable bonds is 10. The van der Waals surface area contributed by atoms with Crippen molar-refractivity contribution in [1.29, 1.82) is 0 Å². The summed E-state index contributed by atoms with van der Waals surface area (Å²) >= 11 is 0. The summed E-state index contributed by atoms with van der Waals surface area (Å²) < 4.78 is 58.5. The van der Waals surface area contributed by atoms with Crippen LogP contribution >= 0.6 is 0 Å². The fourth-order valence-corrected chi connectivity index (χ4v) is 11.3. The lowest BCUT2D eigenvalue weighted by Crippen LogP contribution is -2.57. The summed E-state index contributed by atoms with van der Waals surface area (Å²) in [5, 5.41) is 43.2. The van der Waals surface area contributed by atoms with Gasteiger partial charge in [-0.2, -0.15) is 8.61 Å². The molecule has 12 heteroatoms. The number of hydrogen-bond acceptors (Lipinski definition) is 8. The highest BCUT2D eigenvalue weighted by Gasteiger charge is 2.53. The van der Waals surface area contributed by atoms with Crippen LogP contribution in [0.4, 0.5) is 0 Å². The molecule has 0 unspecified atom stereocenters. The lowest BCUT2D eigenvalue weighted by molar-refractivity contribution is -0.124. The molecule has 0 bridgehead atoms. The van der Waals surface area contributed by atoms with Gasteiger partial charge in [-0.1, -0.05) is 90.1 Å². The number of aliphatic hydroxyl groups excluding tert-OH is 2. The predicted molar refractivity (Wildman–Crippen MR) is 192 cm³/mol. The van der Waals surface area contributed by atoms with E-state index in [0.717, 1.165) is 11.1 Å². The molecule has 2 saturated heterocycles. The first kappa shape index (κ1) is 38.5. The Kier molecular flexibility index (Phi) is 10.6. The van der Waals surface area contributed by atoms with Crippen LogP contribution in [0.2, 0.25) is 0 Å². The Balaban J connectivity index is 1.45. The summed E-state index contributed by atoms with van der Waals surface area (Å²) in [4.78, 5) is 0.140. The molecule has 0 amide bonds. The molecule has 0 radical (unpaired) electrons. The van der Waals surface area contributed by atoms with E-state index < -0.39 is 43.7 Å². The topological polar surface area (TPSA) is 156 Å². The monoisotopic (exact) mass is 728 g/mol. The number of hydrogen-bond donors (Lipinski definition) is 4. The molecular formula is C38H52N2O8S2. The smallest absolute Gasteiger partial charge is 0.243 e. The maximum absolute atomic E-state index is 14.0. The van der Waals surface area contributed by atoms with E-state index in [1.54, 1.807) is 72.8 Å². The van der Waals surface area contributed by atoms with Gasteiger partial charge in [0.1, 0.15) is 0 Å². The lowest BCUT2D eigenvalue weighted by atomic mass is 9.85. The zero-order chi connectivity index (χ0) is 36.9. The molecule has 10 nitrogen and oxygen atoms in total.